The standard InChI is InChI=1S/C14H16N2O2/c1-9(13(17)15-3)11-5-7-12(8-6-11)10(2)14(18)16-4/h5-8H,1-2H2,3-4H3,(H,15,17)(H,16,18). The van der Waals surface area contributed by atoms with E-state index in [0.717, 1.165) is 0 Å². The van der Waals surface area contributed by atoms with E-state index in [1.807, 2.05) is 0 Å². The number of carbonyl (C=O) groups excluding carboxylic acids is 2. The lowest BCUT2D eigenvalue weighted by Crippen LogP contribution is -2.19. The smallest absolute Gasteiger partial charge is 0.251 e. The van der Waals surface area contributed by atoms with Crippen LogP contribution in [0.2, 0.25) is 0 Å². The molecule has 0 aliphatic rings. The second-order valence-electron chi connectivity index (χ2n) is 3.69. The number of rotatable bonds is 4. The molecule has 0 aromatic heterocycles. The maximum atomic E-state index is 11.4. The topological polar surface area (TPSA) is 58.2 Å². The van der Waals surface area contributed by atoms with Gasteiger partial charge in [0.2, 0.25) is 0 Å². The van der Waals surface area contributed by atoms with Gasteiger partial charge in [-0.3, -0.25) is 9.59 Å². The Hall–Kier alpha value is -2.36. The predicted molar refractivity (Wildman–Crippen MR) is 72.6 cm³/mol. The Labute approximate surface area is 106 Å². The van der Waals surface area contributed by atoms with Gasteiger partial charge in [0.1, 0.15) is 0 Å². The number of hydrogen-bond acceptors (Lipinski definition) is 2. The summed E-state index contributed by atoms with van der Waals surface area (Å²) in [6, 6.07) is 6.95. The van der Waals surface area contributed by atoms with Gasteiger partial charge in [0, 0.05) is 25.2 Å². The van der Waals surface area contributed by atoms with E-state index in [0.29, 0.717) is 22.3 Å². The van der Waals surface area contributed by atoms with E-state index in [4.69, 9.17) is 0 Å². The zero-order valence-electron chi connectivity index (χ0n) is 10.5. The minimum atomic E-state index is -0.229. The monoisotopic (exact) mass is 244 g/mol. The largest absolute Gasteiger partial charge is 0.355 e. The van der Waals surface area contributed by atoms with Gasteiger partial charge in [-0.15, -0.1) is 0 Å². The molecule has 4 heteroatoms. The predicted octanol–water partition coefficient (Wildman–Crippen LogP) is 1.20. The third kappa shape index (κ3) is 2.85. The molecule has 1 rings (SSSR count). The molecule has 0 aliphatic carbocycles. The maximum absolute atomic E-state index is 11.4. The van der Waals surface area contributed by atoms with Crippen molar-refractivity contribution in [3.8, 4) is 0 Å². The highest BCUT2D eigenvalue weighted by molar-refractivity contribution is 6.20. The van der Waals surface area contributed by atoms with Crippen LogP contribution in [0.3, 0.4) is 0 Å². The molecule has 0 saturated carbocycles. The Balaban J connectivity index is 2.93. The first-order chi connectivity index (χ1) is 8.51. The van der Waals surface area contributed by atoms with Crippen LogP contribution >= 0.6 is 0 Å². The van der Waals surface area contributed by atoms with Gasteiger partial charge < -0.3 is 10.6 Å². The normalized spacial score (nSPS) is 9.44. The molecule has 1 aromatic carbocycles. The number of hydrogen-bond donors (Lipinski definition) is 2. The van der Waals surface area contributed by atoms with Gasteiger partial charge in [-0.25, -0.2) is 0 Å². The zero-order valence-corrected chi connectivity index (χ0v) is 10.5. The zero-order chi connectivity index (χ0) is 13.7. The van der Waals surface area contributed by atoms with Crippen molar-refractivity contribution >= 4 is 23.0 Å². The van der Waals surface area contributed by atoms with E-state index < -0.39 is 0 Å². The van der Waals surface area contributed by atoms with E-state index in [1.54, 1.807) is 38.4 Å². The lowest BCUT2D eigenvalue weighted by atomic mass is 10.0. The molecule has 0 fully saturated rings. The van der Waals surface area contributed by atoms with Gasteiger partial charge in [-0.05, 0) is 11.1 Å². The molecule has 0 unspecified atom stereocenters. The molecule has 0 spiro atoms. The van der Waals surface area contributed by atoms with Crippen molar-refractivity contribution in [3.63, 3.8) is 0 Å². The minimum Gasteiger partial charge on any atom is -0.355 e. The fourth-order valence-corrected chi connectivity index (χ4v) is 1.44. The van der Waals surface area contributed by atoms with E-state index >= 15 is 0 Å². The Morgan fingerprint density at radius 3 is 1.33 bits per heavy atom. The molecule has 0 heterocycles. The number of benzene rings is 1. The Kier molecular flexibility index (Phi) is 4.43. The quantitative estimate of drug-likeness (QED) is 0.782. The van der Waals surface area contributed by atoms with Crippen molar-refractivity contribution in [2.75, 3.05) is 14.1 Å². The number of carbonyl (C=O) groups is 2. The van der Waals surface area contributed by atoms with Gasteiger partial charge in [-0.2, -0.15) is 0 Å². The summed E-state index contributed by atoms with van der Waals surface area (Å²) in [5.74, 6) is -0.458. The first-order valence-electron chi connectivity index (χ1n) is 5.44. The fourth-order valence-electron chi connectivity index (χ4n) is 1.44. The molecule has 2 N–H and O–H groups in total. The van der Waals surface area contributed by atoms with Gasteiger partial charge in [0.25, 0.3) is 11.8 Å². The second kappa shape index (κ2) is 5.82. The number of likely N-dealkylation sites (N-methyl/N-ethyl adjacent to an activating group) is 2. The van der Waals surface area contributed by atoms with Crippen molar-refractivity contribution in [1.29, 1.82) is 0 Å². The van der Waals surface area contributed by atoms with Gasteiger partial charge in [0.15, 0.2) is 0 Å². The van der Waals surface area contributed by atoms with Crippen LogP contribution < -0.4 is 10.6 Å². The van der Waals surface area contributed by atoms with E-state index in [-0.39, 0.29) is 11.8 Å². The fraction of sp³-hybridized carbons (Fsp3) is 0.143. The van der Waals surface area contributed by atoms with Crippen molar-refractivity contribution in [3.05, 3.63) is 48.6 Å². The third-order valence-corrected chi connectivity index (χ3v) is 2.58. The summed E-state index contributed by atoms with van der Waals surface area (Å²) < 4.78 is 0. The van der Waals surface area contributed by atoms with Crippen LogP contribution in [0.5, 0.6) is 0 Å². The molecular weight excluding hydrogens is 228 g/mol. The minimum absolute atomic E-state index is 0.229. The van der Waals surface area contributed by atoms with Crippen molar-refractivity contribution < 1.29 is 9.59 Å². The van der Waals surface area contributed by atoms with Crippen LogP contribution in [0.25, 0.3) is 11.1 Å². The average molecular weight is 244 g/mol. The highest BCUT2D eigenvalue weighted by Gasteiger charge is 2.10. The highest BCUT2D eigenvalue weighted by atomic mass is 16.2. The SMILES string of the molecule is C=C(C(=O)NC)c1ccc(C(=C)C(=O)NC)cc1. The summed E-state index contributed by atoms with van der Waals surface area (Å²) in [6.07, 6.45) is 0. The van der Waals surface area contributed by atoms with Crippen LogP contribution in [-0.2, 0) is 9.59 Å². The van der Waals surface area contributed by atoms with Crippen LogP contribution in [-0.4, -0.2) is 25.9 Å². The van der Waals surface area contributed by atoms with Gasteiger partial charge in [0.05, 0.1) is 0 Å². The first kappa shape index (κ1) is 13.7. The Bertz CT molecular complexity index is 454. The van der Waals surface area contributed by atoms with Crippen LogP contribution in [0.1, 0.15) is 11.1 Å². The summed E-state index contributed by atoms with van der Waals surface area (Å²) in [5, 5.41) is 5.02. The van der Waals surface area contributed by atoms with Crippen LogP contribution in [0, 0.1) is 0 Å². The van der Waals surface area contributed by atoms with E-state index in [2.05, 4.69) is 23.8 Å². The highest BCUT2D eigenvalue weighted by Crippen LogP contribution is 2.17. The molecule has 4 nitrogen and oxygen atoms in total. The van der Waals surface area contributed by atoms with Crippen molar-refractivity contribution in [1.82, 2.24) is 10.6 Å². The molecule has 0 bridgehead atoms. The van der Waals surface area contributed by atoms with E-state index in [9.17, 15) is 9.59 Å². The average Bonchev–Trinajstić information content (AvgIpc) is 2.44. The van der Waals surface area contributed by atoms with Gasteiger partial charge >= 0.3 is 0 Å². The first-order valence-corrected chi connectivity index (χ1v) is 5.44. The van der Waals surface area contributed by atoms with Crippen molar-refractivity contribution in [2.45, 2.75) is 0 Å². The third-order valence-electron chi connectivity index (χ3n) is 2.58. The molecule has 0 aliphatic heterocycles. The molecular formula is C14H16N2O2. The summed E-state index contributed by atoms with van der Waals surface area (Å²) in [6.45, 7) is 7.42. The molecule has 1 aromatic rings. The Morgan fingerprint density at radius 1 is 0.833 bits per heavy atom. The van der Waals surface area contributed by atoms with Crippen LogP contribution in [0.15, 0.2) is 37.4 Å². The van der Waals surface area contributed by atoms with E-state index in [1.165, 1.54) is 0 Å². The molecule has 18 heavy (non-hydrogen) atoms. The lowest BCUT2D eigenvalue weighted by Gasteiger charge is -2.07. The second-order valence-corrected chi connectivity index (χ2v) is 3.69. The van der Waals surface area contributed by atoms with Gasteiger partial charge in [-0.1, -0.05) is 37.4 Å². The molecule has 94 valence electrons. The maximum Gasteiger partial charge on any atom is 0.251 e. The summed E-state index contributed by atoms with van der Waals surface area (Å²) in [5.41, 5.74) is 2.19. The van der Waals surface area contributed by atoms with Crippen molar-refractivity contribution in [2.24, 2.45) is 0 Å². The molecule has 0 radical (unpaired) electrons. The lowest BCUT2D eigenvalue weighted by molar-refractivity contribution is -0.115. The number of nitrogens with one attached hydrogen (secondary N) is 2. The summed E-state index contributed by atoms with van der Waals surface area (Å²) in [7, 11) is 3.10. The molecule has 0 atom stereocenters. The number of amides is 2. The summed E-state index contributed by atoms with van der Waals surface area (Å²) >= 11 is 0. The molecule has 0 saturated heterocycles. The van der Waals surface area contributed by atoms with Crippen LogP contribution in [0.4, 0.5) is 0 Å². The summed E-state index contributed by atoms with van der Waals surface area (Å²) in [4.78, 5) is 22.8. The Morgan fingerprint density at radius 2 is 1.11 bits per heavy atom. The molecule has 2 amide bonds.